The van der Waals surface area contributed by atoms with Crippen LogP contribution in [-0.4, -0.2) is 65.7 Å². The Balaban J connectivity index is 2.10. The predicted octanol–water partition coefficient (Wildman–Crippen LogP) is 4.73. The van der Waals surface area contributed by atoms with E-state index in [0.717, 1.165) is 31.3 Å². The summed E-state index contributed by atoms with van der Waals surface area (Å²) in [5.74, 6) is -2.25. The van der Waals surface area contributed by atoms with E-state index in [1.807, 2.05) is 20.8 Å². The molecule has 1 unspecified atom stereocenters. The van der Waals surface area contributed by atoms with E-state index < -0.39 is 57.6 Å². The molecule has 9 nitrogen and oxygen atoms in total. The monoisotopic (exact) mass is 537 g/mol. The largest absolute Gasteiger partial charge is 0.511 e. The lowest BCUT2D eigenvalue weighted by Crippen LogP contribution is -2.57. The summed E-state index contributed by atoms with van der Waals surface area (Å²) in [7, 11) is 1.14. The summed E-state index contributed by atoms with van der Waals surface area (Å²) < 4.78 is 16.1. The van der Waals surface area contributed by atoms with Crippen molar-refractivity contribution in [1.82, 2.24) is 4.90 Å². The number of hydrogen-bond donors (Lipinski definition) is 1. The molecule has 0 aromatic heterocycles. The first-order chi connectivity index (χ1) is 17.5. The van der Waals surface area contributed by atoms with Gasteiger partial charge in [-0.3, -0.25) is 19.3 Å². The third-order valence-electron chi connectivity index (χ3n) is 7.30. The minimum absolute atomic E-state index is 0.00592. The maximum Gasteiger partial charge on any atom is 0.342 e. The molecule has 2 rings (SSSR count). The Labute approximate surface area is 227 Å². The van der Waals surface area contributed by atoms with Crippen LogP contribution in [0.3, 0.4) is 0 Å². The van der Waals surface area contributed by atoms with Gasteiger partial charge in [0.15, 0.2) is 0 Å². The normalized spacial score (nSPS) is 24.1. The maximum absolute atomic E-state index is 13.5. The van der Waals surface area contributed by atoms with Crippen molar-refractivity contribution in [2.75, 3.05) is 20.3 Å². The number of Topliss-reactive ketones (excluding diaryl/α,β-unsaturated/α-hetero) is 1. The molecule has 2 fully saturated rings. The van der Waals surface area contributed by atoms with Crippen molar-refractivity contribution in [3.63, 3.8) is 0 Å². The smallest absolute Gasteiger partial charge is 0.342 e. The van der Waals surface area contributed by atoms with Gasteiger partial charge in [-0.1, -0.05) is 74.7 Å². The van der Waals surface area contributed by atoms with Gasteiger partial charge in [0.25, 0.3) is 5.91 Å². The lowest BCUT2D eigenvalue weighted by Gasteiger charge is -2.35. The minimum Gasteiger partial charge on any atom is -0.511 e. The summed E-state index contributed by atoms with van der Waals surface area (Å²) in [6.45, 7) is 15.5. The predicted molar refractivity (Wildman–Crippen MR) is 142 cm³/mol. The van der Waals surface area contributed by atoms with Crippen LogP contribution in [0.5, 0.6) is 0 Å². The average molecular weight is 538 g/mol. The van der Waals surface area contributed by atoms with E-state index in [9.17, 15) is 24.3 Å². The number of nitrogens with zero attached hydrogens (tertiary/aromatic N) is 1. The van der Waals surface area contributed by atoms with E-state index in [-0.39, 0.29) is 19.4 Å². The number of fused-ring (bicyclic) bond motifs is 1. The molecule has 0 radical (unpaired) electrons. The van der Waals surface area contributed by atoms with Crippen molar-refractivity contribution in [2.24, 2.45) is 22.7 Å². The molecular weight excluding hydrogens is 490 g/mol. The average Bonchev–Trinajstić information content (AvgIpc) is 3.28. The van der Waals surface area contributed by atoms with Crippen LogP contribution in [0.1, 0.15) is 93.9 Å². The van der Waals surface area contributed by atoms with E-state index in [1.165, 1.54) is 6.42 Å². The van der Waals surface area contributed by atoms with Crippen molar-refractivity contribution in [3.8, 4) is 0 Å². The molecule has 0 aromatic carbocycles. The number of esters is 2. The van der Waals surface area contributed by atoms with Gasteiger partial charge < -0.3 is 19.3 Å². The van der Waals surface area contributed by atoms with Gasteiger partial charge in [-0.2, -0.15) is 0 Å². The molecule has 0 aromatic rings. The number of aliphatic hydroxyl groups is 1. The highest BCUT2D eigenvalue weighted by atomic mass is 16.6. The number of carbonyl (C=O) groups excluding carboxylic acids is 4. The van der Waals surface area contributed by atoms with Gasteiger partial charge in [0.2, 0.25) is 11.3 Å². The zero-order valence-electron chi connectivity index (χ0n) is 24.6. The summed E-state index contributed by atoms with van der Waals surface area (Å²) >= 11 is 0. The van der Waals surface area contributed by atoms with Crippen molar-refractivity contribution >= 4 is 23.6 Å². The van der Waals surface area contributed by atoms with Gasteiger partial charge in [-0.15, -0.1) is 0 Å². The zero-order chi connectivity index (χ0) is 29.1. The Bertz CT molecular complexity index is 945. The van der Waals surface area contributed by atoms with Gasteiger partial charge in [0.05, 0.1) is 26.7 Å². The zero-order valence-corrected chi connectivity index (χ0v) is 24.6. The molecule has 1 N–H and O–H groups in total. The Hall–Kier alpha value is -2.42. The molecule has 38 heavy (non-hydrogen) atoms. The van der Waals surface area contributed by atoms with Crippen LogP contribution in [0.2, 0.25) is 0 Å². The van der Waals surface area contributed by atoms with Crippen molar-refractivity contribution in [2.45, 2.75) is 106 Å². The standard InChI is InChI=1S/C29H47NO8/c1-18(2)11-10-12-19(3)13-14-37-21(32)16-28(7,8)15-20(31)22-23(33)29(26(35)36-9)17-38-25(27(4,5)6)30(29)24(22)34/h18-19,25,31H,10-17H2,1-9H3/b22-20-/t19?,25-,29-/m1/s1. The number of hydrogen-bond acceptors (Lipinski definition) is 8. The molecule has 0 saturated carbocycles. The second-order valence-electron chi connectivity index (χ2n) is 13.2. The summed E-state index contributed by atoms with van der Waals surface area (Å²) in [4.78, 5) is 53.4. The van der Waals surface area contributed by atoms with Gasteiger partial charge >= 0.3 is 11.9 Å². The van der Waals surface area contributed by atoms with Crippen molar-refractivity contribution in [1.29, 1.82) is 0 Å². The number of aliphatic hydroxyl groups excluding tert-OH is 1. The Kier molecular flexibility index (Phi) is 10.2. The SMILES string of the molecule is COC(=O)[C@]12CO[C@H](C(C)(C)C)N1C(=O)/C(=C(\O)CC(C)(C)CC(=O)OCCC(C)CCCC(C)C)C2=O. The van der Waals surface area contributed by atoms with Crippen LogP contribution in [0.25, 0.3) is 0 Å². The molecule has 9 heteroatoms. The molecule has 0 spiro atoms. The molecular formula is C29H47NO8. The number of ether oxygens (including phenoxy) is 3. The van der Waals surface area contributed by atoms with Crippen LogP contribution >= 0.6 is 0 Å². The van der Waals surface area contributed by atoms with Crippen LogP contribution in [0.15, 0.2) is 11.3 Å². The number of ketones is 1. The highest BCUT2D eigenvalue weighted by Gasteiger charge is 2.69. The third-order valence-corrected chi connectivity index (χ3v) is 7.30. The van der Waals surface area contributed by atoms with Crippen LogP contribution in [-0.2, 0) is 33.4 Å². The van der Waals surface area contributed by atoms with E-state index >= 15 is 0 Å². The summed E-state index contributed by atoms with van der Waals surface area (Å²) in [5.41, 5.74) is -3.83. The quantitative estimate of drug-likeness (QED) is 0.125. The van der Waals surface area contributed by atoms with Crippen molar-refractivity contribution < 1.29 is 38.5 Å². The lowest BCUT2D eigenvalue weighted by atomic mass is 9.83. The van der Waals surface area contributed by atoms with Gasteiger partial charge in [0.1, 0.15) is 17.6 Å². The molecule has 2 aliphatic heterocycles. The fraction of sp³-hybridized carbons (Fsp3) is 0.793. The molecule has 0 aliphatic carbocycles. The first-order valence-electron chi connectivity index (χ1n) is 13.6. The molecule has 1 amide bonds. The highest BCUT2D eigenvalue weighted by molar-refractivity contribution is 6.35. The maximum atomic E-state index is 13.5. The molecule has 0 bridgehead atoms. The molecule has 2 aliphatic rings. The number of amides is 1. The molecule has 216 valence electrons. The van der Waals surface area contributed by atoms with Crippen LogP contribution in [0.4, 0.5) is 0 Å². The number of rotatable bonds is 12. The first-order valence-corrected chi connectivity index (χ1v) is 13.6. The minimum atomic E-state index is -1.97. The van der Waals surface area contributed by atoms with E-state index in [4.69, 9.17) is 14.2 Å². The Morgan fingerprint density at radius 2 is 1.71 bits per heavy atom. The first kappa shape index (κ1) is 31.8. The van der Waals surface area contributed by atoms with E-state index in [1.54, 1.807) is 13.8 Å². The fourth-order valence-corrected chi connectivity index (χ4v) is 5.17. The number of carbonyl (C=O) groups is 4. The van der Waals surface area contributed by atoms with Crippen LogP contribution < -0.4 is 0 Å². The van der Waals surface area contributed by atoms with Gasteiger partial charge in [-0.05, 0) is 23.7 Å². The number of methoxy groups -OCH3 is 1. The second kappa shape index (κ2) is 12.2. The molecule has 2 heterocycles. The summed E-state index contributed by atoms with van der Waals surface area (Å²) in [6.07, 6.45) is 3.23. The number of allylic oxidation sites excluding steroid dienone is 1. The van der Waals surface area contributed by atoms with Crippen molar-refractivity contribution in [3.05, 3.63) is 11.3 Å². The second-order valence-corrected chi connectivity index (χ2v) is 13.2. The third kappa shape index (κ3) is 6.96. The fourth-order valence-electron chi connectivity index (χ4n) is 5.17. The molecule has 3 atom stereocenters. The Morgan fingerprint density at radius 3 is 2.26 bits per heavy atom. The van der Waals surface area contributed by atoms with E-state index in [0.29, 0.717) is 18.4 Å². The van der Waals surface area contributed by atoms with E-state index in [2.05, 4.69) is 20.8 Å². The van der Waals surface area contributed by atoms with Gasteiger partial charge in [0, 0.05) is 11.8 Å². The lowest BCUT2D eigenvalue weighted by molar-refractivity contribution is -0.160. The highest BCUT2D eigenvalue weighted by Crippen LogP contribution is 2.46. The van der Waals surface area contributed by atoms with Gasteiger partial charge in [-0.25, -0.2) is 4.79 Å². The summed E-state index contributed by atoms with van der Waals surface area (Å²) in [5, 5.41) is 11.0. The van der Waals surface area contributed by atoms with Crippen LogP contribution in [0, 0.1) is 22.7 Å². The Morgan fingerprint density at radius 1 is 1.08 bits per heavy atom. The molecule has 2 saturated heterocycles. The summed E-state index contributed by atoms with van der Waals surface area (Å²) in [6, 6.07) is 0. The topological polar surface area (TPSA) is 119 Å².